The molecule has 0 aliphatic rings. The quantitative estimate of drug-likeness (QED) is 0.630. The highest BCUT2D eigenvalue weighted by Crippen LogP contribution is 2.18. The molecule has 6 nitrogen and oxygen atoms in total. The molecule has 0 saturated heterocycles. The monoisotopic (exact) mass is 334 g/mol. The van der Waals surface area contributed by atoms with Crippen molar-refractivity contribution >= 4 is 17.5 Å². The number of nitrogens with zero attached hydrogens (tertiary/aromatic N) is 1. The Balaban J connectivity index is 2.37. The van der Waals surface area contributed by atoms with Gasteiger partial charge < -0.3 is 21.3 Å². The molecular weight excluding hydrogens is 304 g/mol. The van der Waals surface area contributed by atoms with Gasteiger partial charge in [0.15, 0.2) is 0 Å². The number of anilines is 1. The molecule has 134 valence electrons. The molecule has 0 spiro atoms. The summed E-state index contributed by atoms with van der Waals surface area (Å²) < 4.78 is 0. The number of likely N-dealkylation sites (N-methyl/N-ethyl adjacent to an activating group) is 1. The van der Waals surface area contributed by atoms with Crippen molar-refractivity contribution in [2.24, 2.45) is 11.7 Å². The van der Waals surface area contributed by atoms with Crippen LogP contribution in [0.5, 0.6) is 0 Å². The van der Waals surface area contributed by atoms with Gasteiger partial charge in [0.25, 0.3) is 0 Å². The zero-order chi connectivity index (χ0) is 18.1. The second kappa shape index (κ2) is 9.93. The van der Waals surface area contributed by atoms with Crippen LogP contribution in [0.3, 0.4) is 0 Å². The highest BCUT2D eigenvalue weighted by molar-refractivity contribution is 5.87. The minimum absolute atomic E-state index is 0.0419. The molecule has 1 aromatic rings. The predicted octanol–water partition coefficient (Wildman–Crippen LogP) is 1.04. The van der Waals surface area contributed by atoms with Crippen LogP contribution in [0.2, 0.25) is 0 Å². The molecule has 0 radical (unpaired) electrons. The Labute approximate surface area is 144 Å². The van der Waals surface area contributed by atoms with Crippen LogP contribution in [-0.2, 0) is 9.59 Å². The van der Waals surface area contributed by atoms with Gasteiger partial charge in [-0.1, -0.05) is 32.0 Å². The third kappa shape index (κ3) is 6.20. The van der Waals surface area contributed by atoms with Crippen LogP contribution in [-0.4, -0.2) is 44.0 Å². The van der Waals surface area contributed by atoms with E-state index in [1.54, 1.807) is 0 Å². The summed E-state index contributed by atoms with van der Waals surface area (Å²) in [6.45, 7) is 9.95. The molecular formula is C18H30N4O2. The summed E-state index contributed by atoms with van der Waals surface area (Å²) in [7, 11) is 0. The highest BCUT2D eigenvalue weighted by Gasteiger charge is 2.17. The number of carbonyl (C=O) groups excluding carboxylic acids is 2. The molecule has 2 amide bonds. The van der Waals surface area contributed by atoms with Crippen LogP contribution in [0.1, 0.15) is 26.3 Å². The van der Waals surface area contributed by atoms with E-state index in [0.29, 0.717) is 13.1 Å². The van der Waals surface area contributed by atoms with Gasteiger partial charge in [-0.05, 0) is 31.4 Å². The summed E-state index contributed by atoms with van der Waals surface area (Å²) in [6, 6.07) is 7.59. The summed E-state index contributed by atoms with van der Waals surface area (Å²) in [4.78, 5) is 25.8. The maximum Gasteiger partial charge on any atom is 0.239 e. The molecule has 1 aromatic carbocycles. The summed E-state index contributed by atoms with van der Waals surface area (Å²) in [5, 5.41) is 5.39. The maximum atomic E-state index is 11.8. The van der Waals surface area contributed by atoms with Crippen molar-refractivity contribution in [3.8, 4) is 0 Å². The number of carbonyl (C=O) groups is 2. The second-order valence-corrected chi connectivity index (χ2v) is 6.20. The number of rotatable bonds is 9. The number of aryl methyl sites for hydroxylation is 1. The molecule has 0 bridgehead atoms. The van der Waals surface area contributed by atoms with Crippen LogP contribution in [0.4, 0.5) is 5.69 Å². The first-order valence-corrected chi connectivity index (χ1v) is 8.47. The van der Waals surface area contributed by atoms with Gasteiger partial charge in [0.2, 0.25) is 11.8 Å². The molecule has 1 atom stereocenters. The van der Waals surface area contributed by atoms with Crippen molar-refractivity contribution in [2.75, 3.05) is 31.1 Å². The molecule has 6 heteroatoms. The Morgan fingerprint density at radius 3 is 2.46 bits per heavy atom. The smallest absolute Gasteiger partial charge is 0.239 e. The fraction of sp³-hybridized carbons (Fsp3) is 0.556. The molecule has 0 heterocycles. The largest absolute Gasteiger partial charge is 0.370 e. The van der Waals surface area contributed by atoms with E-state index in [1.165, 1.54) is 11.3 Å². The molecule has 0 saturated carbocycles. The summed E-state index contributed by atoms with van der Waals surface area (Å²) >= 11 is 0. The van der Waals surface area contributed by atoms with Gasteiger partial charge in [0, 0.05) is 25.3 Å². The van der Waals surface area contributed by atoms with E-state index in [-0.39, 0.29) is 24.3 Å². The van der Waals surface area contributed by atoms with Gasteiger partial charge in [0.1, 0.15) is 0 Å². The van der Waals surface area contributed by atoms with Crippen molar-refractivity contribution < 1.29 is 9.59 Å². The molecule has 4 N–H and O–H groups in total. The first-order chi connectivity index (χ1) is 11.4. The second-order valence-electron chi connectivity index (χ2n) is 6.20. The van der Waals surface area contributed by atoms with E-state index in [4.69, 9.17) is 5.73 Å². The normalized spacial score (nSPS) is 11.9. The molecule has 0 aliphatic carbocycles. The average molecular weight is 334 g/mol. The van der Waals surface area contributed by atoms with Crippen molar-refractivity contribution in [2.45, 2.75) is 33.7 Å². The number of amides is 2. The Morgan fingerprint density at radius 2 is 1.88 bits per heavy atom. The number of hydrogen-bond donors (Lipinski definition) is 3. The SMILES string of the molecule is CCN(CCNC(=O)CNC(=O)[C@@H](N)C(C)C)c1ccccc1C. The molecule has 1 rings (SSSR count). The highest BCUT2D eigenvalue weighted by atomic mass is 16.2. The lowest BCUT2D eigenvalue weighted by atomic mass is 10.1. The zero-order valence-corrected chi connectivity index (χ0v) is 15.1. The van der Waals surface area contributed by atoms with E-state index in [9.17, 15) is 9.59 Å². The van der Waals surface area contributed by atoms with E-state index in [2.05, 4.69) is 41.5 Å². The van der Waals surface area contributed by atoms with Gasteiger partial charge in [-0.15, -0.1) is 0 Å². The minimum atomic E-state index is -0.588. The fourth-order valence-corrected chi connectivity index (χ4v) is 2.35. The topological polar surface area (TPSA) is 87.5 Å². The van der Waals surface area contributed by atoms with E-state index in [1.807, 2.05) is 26.0 Å². The lowest BCUT2D eigenvalue weighted by molar-refractivity contribution is -0.127. The lowest BCUT2D eigenvalue weighted by Gasteiger charge is -2.25. The first-order valence-electron chi connectivity index (χ1n) is 8.47. The Hall–Kier alpha value is -2.08. The van der Waals surface area contributed by atoms with E-state index < -0.39 is 6.04 Å². The van der Waals surface area contributed by atoms with E-state index >= 15 is 0 Å². The van der Waals surface area contributed by atoms with Crippen LogP contribution >= 0.6 is 0 Å². The lowest BCUT2D eigenvalue weighted by Crippen LogP contribution is -2.47. The number of nitrogens with one attached hydrogen (secondary N) is 2. The maximum absolute atomic E-state index is 11.8. The van der Waals surface area contributed by atoms with Crippen LogP contribution < -0.4 is 21.3 Å². The zero-order valence-electron chi connectivity index (χ0n) is 15.1. The Kier molecular flexibility index (Phi) is 8.26. The number of benzene rings is 1. The van der Waals surface area contributed by atoms with Gasteiger partial charge in [-0.25, -0.2) is 0 Å². The van der Waals surface area contributed by atoms with Gasteiger partial charge in [-0.3, -0.25) is 9.59 Å². The van der Waals surface area contributed by atoms with Crippen LogP contribution in [0.15, 0.2) is 24.3 Å². The average Bonchev–Trinajstić information content (AvgIpc) is 2.56. The van der Waals surface area contributed by atoms with Crippen molar-refractivity contribution in [3.05, 3.63) is 29.8 Å². The van der Waals surface area contributed by atoms with Crippen molar-refractivity contribution in [3.63, 3.8) is 0 Å². The van der Waals surface area contributed by atoms with Crippen LogP contribution in [0, 0.1) is 12.8 Å². The predicted molar refractivity (Wildman–Crippen MR) is 97.9 cm³/mol. The van der Waals surface area contributed by atoms with Gasteiger partial charge >= 0.3 is 0 Å². The molecule has 0 aliphatic heterocycles. The third-order valence-corrected chi connectivity index (χ3v) is 3.99. The number of nitrogens with two attached hydrogens (primary N) is 1. The number of para-hydroxylation sites is 1. The Bertz CT molecular complexity index is 546. The third-order valence-electron chi connectivity index (χ3n) is 3.99. The molecule has 0 fully saturated rings. The molecule has 0 aromatic heterocycles. The standard InChI is InChI=1S/C18H30N4O2/c1-5-22(15-9-7-6-8-14(15)4)11-10-20-16(23)12-21-18(24)17(19)13(2)3/h6-9,13,17H,5,10-12,19H2,1-4H3,(H,20,23)(H,21,24)/t17-/m0/s1. The minimum Gasteiger partial charge on any atom is -0.370 e. The number of hydrogen-bond acceptors (Lipinski definition) is 4. The van der Waals surface area contributed by atoms with E-state index in [0.717, 1.165) is 6.54 Å². The summed E-state index contributed by atoms with van der Waals surface area (Å²) in [6.07, 6.45) is 0. The summed E-state index contributed by atoms with van der Waals surface area (Å²) in [5.41, 5.74) is 8.11. The Morgan fingerprint density at radius 1 is 1.21 bits per heavy atom. The molecule has 0 unspecified atom stereocenters. The van der Waals surface area contributed by atoms with Gasteiger partial charge in [-0.2, -0.15) is 0 Å². The summed E-state index contributed by atoms with van der Waals surface area (Å²) in [5.74, 6) is -0.462. The first kappa shape index (κ1) is 20.0. The fourth-order valence-electron chi connectivity index (χ4n) is 2.35. The van der Waals surface area contributed by atoms with Crippen LogP contribution in [0.25, 0.3) is 0 Å². The van der Waals surface area contributed by atoms with Crippen molar-refractivity contribution in [1.82, 2.24) is 10.6 Å². The van der Waals surface area contributed by atoms with Gasteiger partial charge in [0.05, 0.1) is 12.6 Å². The van der Waals surface area contributed by atoms with Crippen molar-refractivity contribution in [1.29, 1.82) is 0 Å². The molecule has 24 heavy (non-hydrogen) atoms.